The van der Waals surface area contributed by atoms with Gasteiger partial charge in [0.1, 0.15) is 0 Å². The van der Waals surface area contributed by atoms with Crippen LogP contribution in [0, 0.1) is 0 Å². The molecule has 1 aromatic heterocycles. The first-order chi connectivity index (χ1) is 6.33. The summed E-state index contributed by atoms with van der Waals surface area (Å²) < 4.78 is 1.12. The Balaban J connectivity index is 2.84. The Hall–Kier alpha value is -0.410. The van der Waals surface area contributed by atoms with E-state index in [0.29, 0.717) is 0 Å². The molecule has 3 heteroatoms. The summed E-state index contributed by atoms with van der Waals surface area (Å²) in [5, 5.41) is 3.21. The molecule has 0 amide bonds. The average Bonchev–Trinajstić information content (AvgIpc) is 2.18. The third-order valence-electron chi connectivity index (χ3n) is 1.96. The lowest BCUT2D eigenvalue weighted by atomic mass is 10.1. The molecule has 2 aromatic rings. The molecule has 0 radical (unpaired) electrons. The van der Waals surface area contributed by atoms with E-state index < -0.39 is 0 Å². The van der Waals surface area contributed by atoms with Crippen molar-refractivity contribution in [3.8, 4) is 0 Å². The highest BCUT2D eigenvalue weighted by Gasteiger charge is 2.02. The van der Waals surface area contributed by atoms with Crippen molar-refractivity contribution in [1.29, 1.82) is 0 Å². The molecular formula is C10H7Br2N. The van der Waals surface area contributed by atoms with Crippen molar-refractivity contribution in [3.63, 3.8) is 0 Å². The van der Waals surface area contributed by atoms with Crippen LogP contribution in [0.5, 0.6) is 0 Å². The number of benzene rings is 1. The molecule has 0 saturated carbocycles. The van der Waals surface area contributed by atoms with Gasteiger partial charge >= 0.3 is 0 Å². The van der Waals surface area contributed by atoms with Gasteiger partial charge in [0.25, 0.3) is 0 Å². The summed E-state index contributed by atoms with van der Waals surface area (Å²) in [5.74, 6) is 0. The molecular weight excluding hydrogens is 294 g/mol. The zero-order valence-electron chi connectivity index (χ0n) is 6.80. The Kier molecular flexibility index (Phi) is 2.65. The van der Waals surface area contributed by atoms with Crippen LogP contribution in [-0.2, 0) is 5.33 Å². The quantitative estimate of drug-likeness (QED) is 0.728. The van der Waals surface area contributed by atoms with E-state index in [0.717, 1.165) is 15.5 Å². The van der Waals surface area contributed by atoms with E-state index in [1.54, 1.807) is 0 Å². The SMILES string of the molecule is BrCc1nccc2c(Br)cccc12. The van der Waals surface area contributed by atoms with Gasteiger partial charge in [0.05, 0.1) is 5.69 Å². The first-order valence-corrected chi connectivity index (χ1v) is 5.82. The minimum atomic E-state index is 0.792. The van der Waals surface area contributed by atoms with Gasteiger partial charge in [0.15, 0.2) is 0 Å². The van der Waals surface area contributed by atoms with Crippen LogP contribution >= 0.6 is 31.9 Å². The topological polar surface area (TPSA) is 12.9 Å². The van der Waals surface area contributed by atoms with E-state index in [-0.39, 0.29) is 0 Å². The van der Waals surface area contributed by atoms with Gasteiger partial charge in [-0.2, -0.15) is 0 Å². The third kappa shape index (κ3) is 1.63. The Bertz CT molecular complexity index is 440. The highest BCUT2D eigenvalue weighted by molar-refractivity contribution is 9.10. The number of nitrogens with zero attached hydrogens (tertiary/aromatic N) is 1. The number of halogens is 2. The largest absolute Gasteiger partial charge is 0.260 e. The van der Waals surface area contributed by atoms with Crippen LogP contribution in [0.3, 0.4) is 0 Å². The molecule has 0 aliphatic carbocycles. The maximum Gasteiger partial charge on any atom is 0.0587 e. The molecule has 0 aliphatic heterocycles. The lowest BCUT2D eigenvalue weighted by molar-refractivity contribution is 1.22. The van der Waals surface area contributed by atoms with E-state index in [1.807, 2.05) is 24.4 Å². The van der Waals surface area contributed by atoms with Crippen LogP contribution in [0.1, 0.15) is 5.69 Å². The number of hydrogen-bond donors (Lipinski definition) is 0. The fraction of sp³-hybridized carbons (Fsp3) is 0.100. The maximum atomic E-state index is 4.30. The Morgan fingerprint density at radius 1 is 1.15 bits per heavy atom. The smallest absolute Gasteiger partial charge is 0.0587 e. The molecule has 0 saturated heterocycles. The number of pyridine rings is 1. The highest BCUT2D eigenvalue weighted by Crippen LogP contribution is 2.25. The number of alkyl halides is 1. The minimum absolute atomic E-state index is 0.792. The molecule has 0 bridgehead atoms. The second-order valence-electron chi connectivity index (χ2n) is 2.73. The van der Waals surface area contributed by atoms with Gasteiger partial charge in [-0.25, -0.2) is 0 Å². The summed E-state index contributed by atoms with van der Waals surface area (Å²) in [6.45, 7) is 0. The van der Waals surface area contributed by atoms with E-state index in [4.69, 9.17) is 0 Å². The van der Waals surface area contributed by atoms with Crippen LogP contribution in [0.25, 0.3) is 10.8 Å². The molecule has 0 aliphatic rings. The summed E-state index contributed by atoms with van der Waals surface area (Å²) in [6, 6.07) is 8.18. The summed E-state index contributed by atoms with van der Waals surface area (Å²) in [5.41, 5.74) is 1.08. The number of aromatic nitrogens is 1. The van der Waals surface area contributed by atoms with E-state index in [2.05, 4.69) is 42.9 Å². The number of hydrogen-bond acceptors (Lipinski definition) is 1. The molecule has 1 aromatic carbocycles. The van der Waals surface area contributed by atoms with Gasteiger partial charge in [-0.1, -0.05) is 44.0 Å². The summed E-state index contributed by atoms with van der Waals surface area (Å²) >= 11 is 6.94. The van der Waals surface area contributed by atoms with Crippen molar-refractivity contribution in [3.05, 3.63) is 40.6 Å². The van der Waals surface area contributed by atoms with E-state index in [9.17, 15) is 0 Å². The fourth-order valence-electron chi connectivity index (χ4n) is 1.34. The minimum Gasteiger partial charge on any atom is -0.260 e. The monoisotopic (exact) mass is 299 g/mol. The van der Waals surface area contributed by atoms with E-state index >= 15 is 0 Å². The molecule has 0 N–H and O–H groups in total. The summed E-state index contributed by atoms with van der Waals surface area (Å²) in [4.78, 5) is 4.30. The molecule has 0 fully saturated rings. The molecule has 0 atom stereocenters. The summed E-state index contributed by atoms with van der Waals surface area (Å²) in [6.07, 6.45) is 1.84. The highest BCUT2D eigenvalue weighted by atomic mass is 79.9. The molecule has 0 unspecified atom stereocenters. The predicted molar refractivity (Wildman–Crippen MR) is 62.1 cm³/mol. The van der Waals surface area contributed by atoms with Gasteiger partial charge in [-0.3, -0.25) is 4.98 Å². The van der Waals surface area contributed by atoms with Gasteiger partial charge in [0.2, 0.25) is 0 Å². The third-order valence-corrected chi connectivity index (χ3v) is 3.18. The van der Waals surface area contributed by atoms with Crippen LogP contribution in [0.4, 0.5) is 0 Å². The van der Waals surface area contributed by atoms with E-state index in [1.165, 1.54) is 10.8 Å². The Labute approximate surface area is 93.4 Å². The fourth-order valence-corrected chi connectivity index (χ4v) is 2.28. The van der Waals surface area contributed by atoms with Crippen molar-refractivity contribution in [2.24, 2.45) is 0 Å². The van der Waals surface area contributed by atoms with Gasteiger partial charge < -0.3 is 0 Å². The van der Waals surface area contributed by atoms with Gasteiger partial charge in [0, 0.05) is 21.4 Å². The second kappa shape index (κ2) is 3.76. The predicted octanol–water partition coefficient (Wildman–Crippen LogP) is 3.89. The first kappa shape index (κ1) is 9.16. The molecule has 2 rings (SSSR count). The maximum absolute atomic E-state index is 4.30. The average molecular weight is 301 g/mol. The van der Waals surface area contributed by atoms with Crippen LogP contribution in [0.2, 0.25) is 0 Å². The van der Waals surface area contributed by atoms with Crippen LogP contribution < -0.4 is 0 Å². The zero-order chi connectivity index (χ0) is 9.26. The standard InChI is InChI=1S/C10H7Br2N/c11-6-10-8-2-1-3-9(12)7(8)4-5-13-10/h1-5H,6H2. The van der Waals surface area contributed by atoms with Crippen molar-refractivity contribution < 1.29 is 0 Å². The van der Waals surface area contributed by atoms with Crippen molar-refractivity contribution in [2.45, 2.75) is 5.33 Å². The Morgan fingerprint density at radius 3 is 2.77 bits per heavy atom. The van der Waals surface area contributed by atoms with Crippen molar-refractivity contribution in [2.75, 3.05) is 0 Å². The lowest BCUT2D eigenvalue weighted by Crippen LogP contribution is -1.86. The summed E-state index contributed by atoms with van der Waals surface area (Å²) in [7, 11) is 0. The second-order valence-corrected chi connectivity index (χ2v) is 4.14. The van der Waals surface area contributed by atoms with Crippen molar-refractivity contribution >= 4 is 42.6 Å². The molecule has 66 valence electrons. The zero-order valence-corrected chi connectivity index (χ0v) is 9.97. The van der Waals surface area contributed by atoms with Crippen LogP contribution in [-0.4, -0.2) is 4.98 Å². The first-order valence-electron chi connectivity index (χ1n) is 3.91. The number of rotatable bonds is 1. The molecule has 1 heterocycles. The normalized spacial score (nSPS) is 10.6. The van der Waals surface area contributed by atoms with Crippen molar-refractivity contribution in [1.82, 2.24) is 4.98 Å². The molecule has 13 heavy (non-hydrogen) atoms. The lowest BCUT2D eigenvalue weighted by Gasteiger charge is -2.03. The molecule has 0 spiro atoms. The van der Waals surface area contributed by atoms with Gasteiger partial charge in [-0.05, 0) is 17.5 Å². The Morgan fingerprint density at radius 2 is 2.00 bits per heavy atom. The number of fused-ring (bicyclic) bond motifs is 1. The van der Waals surface area contributed by atoms with Crippen LogP contribution in [0.15, 0.2) is 34.9 Å². The molecule has 1 nitrogen and oxygen atoms in total. The van der Waals surface area contributed by atoms with Gasteiger partial charge in [-0.15, -0.1) is 0 Å².